The van der Waals surface area contributed by atoms with E-state index in [1.807, 2.05) is 26.8 Å². The molecule has 1 spiro atoms. The number of allylic oxidation sites excluding steroid dienone is 2. The molecule has 0 radical (unpaired) electrons. The molecule has 8 heteroatoms. The number of carbonyl (C=O) groups excluding carboxylic acids is 3. The number of ether oxygens (including phenoxy) is 2. The molecule has 5 rings (SSSR count). The molecule has 6 nitrogen and oxygen atoms in total. The van der Waals surface area contributed by atoms with Gasteiger partial charge in [-0.15, -0.1) is 0 Å². The van der Waals surface area contributed by atoms with Crippen molar-refractivity contribution in [1.29, 1.82) is 0 Å². The topological polar surface area (TPSA) is 93.2 Å². The average Bonchev–Trinajstić information content (AvgIpc) is 3.44. The number of ketones is 1. The zero-order chi connectivity index (χ0) is 24.0. The quantitative estimate of drug-likeness (QED) is 0.375. The van der Waals surface area contributed by atoms with E-state index in [0.29, 0.717) is 18.4 Å². The first-order valence-electron chi connectivity index (χ1n) is 11.8. The maximum absolute atomic E-state index is 15.6. The zero-order valence-corrected chi connectivity index (χ0v) is 20.2. The van der Waals surface area contributed by atoms with Gasteiger partial charge in [0.05, 0.1) is 12.0 Å². The van der Waals surface area contributed by atoms with Crippen LogP contribution in [0.5, 0.6) is 0 Å². The SMILES string of the molecule is CCC(=O)O[C@]1(C(=O)SCO)[C@H](C)CC2C3C[C@H](F)C4=CC(=O)C=C[C@]4(C)C34O[C@H]4C[C@@]21C. The van der Waals surface area contributed by atoms with E-state index in [-0.39, 0.29) is 47.6 Å². The Hall–Kier alpha value is -1.51. The van der Waals surface area contributed by atoms with E-state index in [4.69, 9.17) is 9.47 Å². The second-order valence-corrected chi connectivity index (χ2v) is 11.7. The van der Waals surface area contributed by atoms with Gasteiger partial charge in [-0.25, -0.2) is 4.39 Å². The predicted octanol–water partition coefficient (Wildman–Crippen LogP) is 3.52. The van der Waals surface area contributed by atoms with Gasteiger partial charge >= 0.3 is 5.97 Å². The van der Waals surface area contributed by atoms with Gasteiger partial charge in [0.25, 0.3) is 0 Å². The molecule has 9 atom stereocenters. The van der Waals surface area contributed by atoms with Crippen molar-refractivity contribution >= 4 is 28.6 Å². The summed E-state index contributed by atoms with van der Waals surface area (Å²) >= 11 is 0.765. The maximum Gasteiger partial charge on any atom is 0.306 e. The van der Waals surface area contributed by atoms with E-state index in [0.717, 1.165) is 11.8 Å². The molecule has 0 aromatic rings. The Morgan fingerprint density at radius 2 is 2.03 bits per heavy atom. The Bertz CT molecular complexity index is 993. The smallest absolute Gasteiger partial charge is 0.306 e. The lowest BCUT2D eigenvalue weighted by molar-refractivity contribution is -0.187. The predicted molar refractivity (Wildman–Crippen MR) is 120 cm³/mol. The highest BCUT2D eigenvalue weighted by Crippen LogP contribution is 2.77. The van der Waals surface area contributed by atoms with Crippen LogP contribution in [-0.2, 0) is 23.9 Å². The minimum atomic E-state index is -1.41. The van der Waals surface area contributed by atoms with Crippen LogP contribution in [0.3, 0.4) is 0 Å². The molecule has 3 saturated carbocycles. The summed E-state index contributed by atoms with van der Waals surface area (Å²) in [6, 6.07) is 0. The van der Waals surface area contributed by atoms with Crippen molar-refractivity contribution in [2.45, 2.75) is 76.9 Å². The second-order valence-electron chi connectivity index (χ2n) is 10.7. The number of aliphatic hydroxyl groups is 1. The summed E-state index contributed by atoms with van der Waals surface area (Å²) in [7, 11) is 0. The van der Waals surface area contributed by atoms with Gasteiger partial charge in [-0.2, -0.15) is 0 Å². The summed E-state index contributed by atoms with van der Waals surface area (Å²) in [5, 5.41) is 9.17. The van der Waals surface area contributed by atoms with Crippen molar-refractivity contribution in [1.82, 2.24) is 0 Å². The van der Waals surface area contributed by atoms with Gasteiger partial charge in [-0.3, -0.25) is 14.4 Å². The molecule has 4 fully saturated rings. The molecule has 4 aliphatic carbocycles. The molecule has 0 bridgehead atoms. The molecule has 0 aromatic heterocycles. The van der Waals surface area contributed by atoms with Crippen LogP contribution >= 0.6 is 11.8 Å². The molecule has 3 unspecified atom stereocenters. The maximum atomic E-state index is 15.6. The number of hydrogen-bond donors (Lipinski definition) is 1. The molecule has 0 aromatic carbocycles. The number of fused-ring (bicyclic) bond motifs is 3. The summed E-state index contributed by atoms with van der Waals surface area (Å²) < 4.78 is 28.1. The van der Waals surface area contributed by atoms with Crippen LogP contribution < -0.4 is 0 Å². The van der Waals surface area contributed by atoms with E-state index in [9.17, 15) is 19.5 Å². The first-order valence-corrected chi connectivity index (χ1v) is 12.8. The molecule has 33 heavy (non-hydrogen) atoms. The Labute approximate surface area is 197 Å². The number of thioether (sulfide) groups is 1. The van der Waals surface area contributed by atoms with Crippen LogP contribution in [0, 0.1) is 28.6 Å². The first kappa shape index (κ1) is 23.2. The molecule has 180 valence electrons. The van der Waals surface area contributed by atoms with Gasteiger partial charge in [0.2, 0.25) is 5.12 Å². The van der Waals surface area contributed by atoms with Crippen molar-refractivity contribution in [3.05, 3.63) is 23.8 Å². The molecule has 0 amide bonds. The van der Waals surface area contributed by atoms with E-state index < -0.39 is 40.1 Å². The van der Waals surface area contributed by atoms with Crippen LogP contribution in [-0.4, -0.2) is 51.4 Å². The number of aliphatic hydroxyl groups excluding tert-OH is 1. The molecule has 5 aliphatic rings. The Balaban J connectivity index is 1.62. The average molecular weight is 479 g/mol. The lowest BCUT2D eigenvalue weighted by atomic mass is 9.46. The lowest BCUT2D eigenvalue weighted by Gasteiger charge is -2.56. The molecule has 1 N–H and O–H groups in total. The van der Waals surface area contributed by atoms with Crippen LogP contribution in [0.15, 0.2) is 23.8 Å². The molecular weight excluding hydrogens is 447 g/mol. The third kappa shape index (κ3) is 2.66. The number of alkyl halides is 1. The number of halogens is 1. The van der Waals surface area contributed by atoms with Crippen molar-refractivity contribution < 1.29 is 33.4 Å². The normalized spacial score (nSPS) is 49.3. The minimum absolute atomic E-state index is 0.109. The lowest BCUT2D eigenvalue weighted by Crippen LogP contribution is -2.63. The van der Waals surface area contributed by atoms with Crippen molar-refractivity contribution in [2.75, 3.05) is 5.94 Å². The fourth-order valence-electron chi connectivity index (χ4n) is 8.07. The third-order valence-electron chi connectivity index (χ3n) is 9.52. The first-order chi connectivity index (χ1) is 15.5. The van der Waals surface area contributed by atoms with Crippen molar-refractivity contribution in [2.24, 2.45) is 28.6 Å². The number of epoxide rings is 1. The van der Waals surface area contributed by atoms with E-state index in [1.165, 1.54) is 12.2 Å². The third-order valence-corrected chi connectivity index (χ3v) is 10.2. The molecule has 1 saturated heterocycles. The van der Waals surface area contributed by atoms with Gasteiger partial charge in [0, 0.05) is 23.2 Å². The summed E-state index contributed by atoms with van der Waals surface area (Å²) in [4.78, 5) is 38.1. The van der Waals surface area contributed by atoms with Gasteiger partial charge < -0.3 is 14.6 Å². The largest absolute Gasteiger partial charge is 0.449 e. The van der Waals surface area contributed by atoms with Crippen LogP contribution in [0.25, 0.3) is 0 Å². The van der Waals surface area contributed by atoms with E-state index in [1.54, 1.807) is 6.92 Å². The van der Waals surface area contributed by atoms with Crippen LogP contribution in [0.1, 0.15) is 53.4 Å². The summed E-state index contributed by atoms with van der Waals surface area (Å²) in [6.07, 6.45) is 4.66. The highest BCUT2D eigenvalue weighted by molar-refractivity contribution is 8.13. The summed E-state index contributed by atoms with van der Waals surface area (Å²) in [6.45, 7) is 7.55. The number of hydrogen-bond acceptors (Lipinski definition) is 7. The molecular formula is C25H31FO6S. The second kappa shape index (κ2) is 7.25. The fraction of sp³-hybridized carbons (Fsp3) is 0.720. The monoisotopic (exact) mass is 478 g/mol. The van der Waals surface area contributed by atoms with Crippen molar-refractivity contribution in [3.8, 4) is 0 Å². The van der Waals surface area contributed by atoms with Crippen LogP contribution in [0.4, 0.5) is 4.39 Å². The van der Waals surface area contributed by atoms with Gasteiger partial charge in [0.15, 0.2) is 11.4 Å². The summed E-state index contributed by atoms with van der Waals surface area (Å²) in [5.41, 5.74) is -3.03. The standard InChI is InChI=1S/C25H31FO6S/c1-5-20(29)32-24(21(30)33-12-27)13(2)8-15-16-10-18(26)17-9-14(28)6-7-22(17,3)25(16)19(31-25)11-23(15,24)4/h6-7,9,13,15-16,18-19,27H,5,8,10-12H2,1-4H3/t13-,15?,16?,18+,19+,22+,23+,24+,25?/m1/s1. The number of carbonyl (C=O) groups is 3. The number of esters is 1. The Morgan fingerprint density at radius 1 is 1.30 bits per heavy atom. The highest BCUT2D eigenvalue weighted by atomic mass is 32.2. The van der Waals surface area contributed by atoms with Gasteiger partial charge in [-0.05, 0) is 55.7 Å². The van der Waals surface area contributed by atoms with Crippen molar-refractivity contribution in [3.63, 3.8) is 0 Å². The highest BCUT2D eigenvalue weighted by Gasteiger charge is 2.83. The summed E-state index contributed by atoms with van der Waals surface area (Å²) in [5.74, 6) is -1.64. The Morgan fingerprint density at radius 3 is 2.70 bits per heavy atom. The van der Waals surface area contributed by atoms with E-state index >= 15 is 4.39 Å². The Kier molecular flexibility index (Phi) is 5.10. The van der Waals surface area contributed by atoms with E-state index in [2.05, 4.69) is 0 Å². The fourth-order valence-corrected chi connectivity index (χ4v) is 8.88. The number of rotatable bonds is 4. The van der Waals surface area contributed by atoms with Gasteiger partial charge in [0.1, 0.15) is 11.8 Å². The minimum Gasteiger partial charge on any atom is -0.449 e. The van der Waals surface area contributed by atoms with Gasteiger partial charge in [-0.1, -0.05) is 38.6 Å². The molecule has 1 heterocycles. The molecule has 1 aliphatic heterocycles. The zero-order valence-electron chi connectivity index (χ0n) is 19.4. The van der Waals surface area contributed by atoms with Crippen LogP contribution in [0.2, 0.25) is 0 Å².